The highest BCUT2D eigenvalue weighted by molar-refractivity contribution is 5.99. The number of carbonyl (C=O) groups excluding carboxylic acids is 2. The smallest absolute Gasteiger partial charge is 0.308 e. The number of aryl methyl sites for hydroxylation is 1. The van der Waals surface area contributed by atoms with E-state index in [2.05, 4.69) is 10.6 Å². The Morgan fingerprint density at radius 2 is 1.88 bits per heavy atom. The topological polar surface area (TPSA) is 107 Å². The molecule has 1 atom stereocenters. The first-order valence-electron chi connectivity index (χ1n) is 10.9. The molecule has 2 aliphatic rings. The van der Waals surface area contributed by atoms with Gasteiger partial charge in [-0.15, -0.1) is 0 Å². The van der Waals surface area contributed by atoms with Crippen LogP contribution in [0.2, 0.25) is 0 Å². The summed E-state index contributed by atoms with van der Waals surface area (Å²) < 4.78 is 15.5. The lowest BCUT2D eigenvalue weighted by molar-refractivity contribution is -0.805. The van der Waals surface area contributed by atoms with Crippen LogP contribution >= 0.6 is 0 Å². The first-order chi connectivity index (χ1) is 16.4. The summed E-state index contributed by atoms with van der Waals surface area (Å²) in [7, 11) is 0. The molecule has 0 radical (unpaired) electrons. The molecule has 3 N–H and O–H groups in total. The molecule has 34 heavy (non-hydrogen) atoms. The van der Waals surface area contributed by atoms with Gasteiger partial charge in [-0.05, 0) is 43.3 Å². The van der Waals surface area contributed by atoms with E-state index in [0.29, 0.717) is 24.6 Å². The van der Waals surface area contributed by atoms with Gasteiger partial charge in [-0.3, -0.25) is 9.59 Å². The van der Waals surface area contributed by atoms with Gasteiger partial charge in [0, 0.05) is 24.3 Å². The number of benzene rings is 2. The van der Waals surface area contributed by atoms with Crippen LogP contribution in [0.4, 0.5) is 15.9 Å². The zero-order valence-electron chi connectivity index (χ0n) is 18.5. The number of amides is 2. The SMILES string of the molecule is Cc1ccc(Nc2c(-c3ccc(F)cc3)nc3n2CCN(C(=O)C2=CC(=O)NC[NH+]2[O-])C3)cc1. The monoisotopic (exact) mass is 462 g/mol. The summed E-state index contributed by atoms with van der Waals surface area (Å²) in [5.41, 5.74) is 3.27. The van der Waals surface area contributed by atoms with Crippen molar-refractivity contribution in [2.45, 2.75) is 20.0 Å². The lowest BCUT2D eigenvalue weighted by atomic mass is 10.1. The number of hydroxylamine groups is 2. The molecule has 0 fully saturated rings. The maximum absolute atomic E-state index is 13.5. The van der Waals surface area contributed by atoms with Crippen LogP contribution in [0.1, 0.15) is 11.4 Å². The van der Waals surface area contributed by atoms with Crippen LogP contribution in [0.15, 0.2) is 60.3 Å². The van der Waals surface area contributed by atoms with Gasteiger partial charge in [0.15, 0.2) is 6.67 Å². The van der Waals surface area contributed by atoms with E-state index in [9.17, 15) is 19.2 Å². The Balaban J connectivity index is 1.49. The second kappa shape index (κ2) is 8.73. The molecule has 0 saturated carbocycles. The van der Waals surface area contributed by atoms with Gasteiger partial charge in [0.1, 0.15) is 23.2 Å². The largest absolute Gasteiger partial charge is 0.627 e. The maximum Gasteiger partial charge on any atom is 0.308 e. The van der Waals surface area contributed by atoms with Gasteiger partial charge in [-0.1, -0.05) is 17.7 Å². The van der Waals surface area contributed by atoms with Crippen LogP contribution in [-0.4, -0.2) is 39.5 Å². The van der Waals surface area contributed by atoms with E-state index in [1.54, 1.807) is 12.1 Å². The second-order valence-corrected chi connectivity index (χ2v) is 8.30. The van der Waals surface area contributed by atoms with Crippen molar-refractivity contribution in [1.29, 1.82) is 0 Å². The Labute approximate surface area is 195 Å². The first-order valence-corrected chi connectivity index (χ1v) is 10.9. The molecule has 2 amide bonds. The van der Waals surface area contributed by atoms with Gasteiger partial charge in [0.05, 0.1) is 12.6 Å². The van der Waals surface area contributed by atoms with E-state index in [1.165, 1.54) is 17.0 Å². The van der Waals surface area contributed by atoms with Crippen molar-refractivity contribution in [3.05, 3.63) is 82.7 Å². The summed E-state index contributed by atoms with van der Waals surface area (Å²) in [6.45, 7) is 2.79. The van der Waals surface area contributed by atoms with E-state index in [4.69, 9.17) is 4.98 Å². The molecule has 1 aromatic heterocycles. The van der Waals surface area contributed by atoms with Crippen molar-refractivity contribution < 1.29 is 19.0 Å². The molecule has 2 aromatic carbocycles. The maximum atomic E-state index is 13.5. The number of hydrogen-bond donors (Lipinski definition) is 3. The Hall–Kier alpha value is -4.02. The highest BCUT2D eigenvalue weighted by Crippen LogP contribution is 2.33. The summed E-state index contributed by atoms with van der Waals surface area (Å²) in [6.07, 6.45) is 1.06. The molecule has 174 valence electrons. The Bertz CT molecular complexity index is 1280. The molecule has 0 saturated heterocycles. The minimum absolute atomic E-state index is 0.111. The standard InChI is InChI=1S/C24H23FN6O3/c1-15-2-8-18(9-3-15)27-23-22(16-4-6-17(25)7-5-16)28-20-13-29(10-11-30(20)23)24(33)19-12-21(32)26-14-31(19)34/h2-9,12,27,31H,10-11,13-14H2,1H3,(H,26,32). The van der Waals surface area contributed by atoms with E-state index < -0.39 is 16.9 Å². The molecule has 2 aliphatic heterocycles. The van der Waals surface area contributed by atoms with Gasteiger partial charge < -0.3 is 30.4 Å². The van der Waals surface area contributed by atoms with Crippen molar-refractivity contribution in [3.63, 3.8) is 0 Å². The van der Waals surface area contributed by atoms with Crippen LogP contribution in [0.25, 0.3) is 11.3 Å². The Morgan fingerprint density at radius 3 is 2.62 bits per heavy atom. The molecule has 10 heteroatoms. The van der Waals surface area contributed by atoms with Crippen molar-refractivity contribution in [1.82, 2.24) is 19.8 Å². The van der Waals surface area contributed by atoms with Crippen molar-refractivity contribution in [2.24, 2.45) is 0 Å². The number of nitrogens with zero attached hydrogens (tertiary/aromatic N) is 3. The summed E-state index contributed by atoms with van der Waals surface area (Å²) >= 11 is 0. The summed E-state index contributed by atoms with van der Waals surface area (Å²) in [5.74, 6) is 0.0915. The average molecular weight is 462 g/mol. The quantitative estimate of drug-likeness (QED) is 0.509. The summed E-state index contributed by atoms with van der Waals surface area (Å²) in [6, 6.07) is 14.0. The van der Waals surface area contributed by atoms with Crippen molar-refractivity contribution in [2.75, 3.05) is 18.5 Å². The number of imidazole rings is 1. The number of halogens is 1. The predicted octanol–water partition coefficient (Wildman–Crippen LogP) is 1.44. The number of hydrogen-bond acceptors (Lipinski definition) is 5. The van der Waals surface area contributed by atoms with Gasteiger partial charge >= 0.3 is 5.91 Å². The third-order valence-electron chi connectivity index (χ3n) is 5.92. The van der Waals surface area contributed by atoms with Gasteiger partial charge in [-0.2, -0.15) is 0 Å². The highest BCUT2D eigenvalue weighted by atomic mass is 19.1. The average Bonchev–Trinajstić information content (AvgIpc) is 3.19. The molecule has 0 aliphatic carbocycles. The minimum Gasteiger partial charge on any atom is -0.627 e. The summed E-state index contributed by atoms with van der Waals surface area (Å²) in [4.78, 5) is 31.0. The first kappa shape index (κ1) is 21.8. The van der Waals surface area contributed by atoms with E-state index >= 15 is 0 Å². The zero-order chi connectivity index (χ0) is 23.8. The van der Waals surface area contributed by atoms with Gasteiger partial charge in [0.25, 0.3) is 5.91 Å². The second-order valence-electron chi connectivity index (χ2n) is 8.30. The van der Waals surface area contributed by atoms with Gasteiger partial charge in [-0.25, -0.2) is 9.37 Å². The molecule has 3 aromatic rings. The van der Waals surface area contributed by atoms with Crippen LogP contribution in [-0.2, 0) is 22.7 Å². The third-order valence-corrected chi connectivity index (χ3v) is 5.92. The molecule has 9 nitrogen and oxygen atoms in total. The fourth-order valence-electron chi connectivity index (χ4n) is 4.09. The lowest BCUT2D eigenvalue weighted by Gasteiger charge is -2.33. The van der Waals surface area contributed by atoms with Gasteiger partial charge in [0.2, 0.25) is 5.70 Å². The van der Waals surface area contributed by atoms with Crippen LogP contribution in [0, 0.1) is 17.9 Å². The minimum atomic E-state index is -0.481. The molecule has 0 bridgehead atoms. The molecular weight excluding hydrogens is 439 g/mol. The predicted molar refractivity (Wildman–Crippen MR) is 123 cm³/mol. The molecular formula is C24H23FN6O3. The van der Waals surface area contributed by atoms with E-state index in [1.807, 2.05) is 35.8 Å². The number of aromatic nitrogens is 2. The zero-order valence-corrected chi connectivity index (χ0v) is 18.5. The summed E-state index contributed by atoms with van der Waals surface area (Å²) in [5, 5.41) is 17.6. The van der Waals surface area contributed by atoms with Crippen molar-refractivity contribution >= 4 is 23.3 Å². The highest BCUT2D eigenvalue weighted by Gasteiger charge is 2.32. The van der Waals surface area contributed by atoms with Crippen LogP contribution in [0.5, 0.6) is 0 Å². The van der Waals surface area contributed by atoms with E-state index in [-0.39, 0.29) is 24.7 Å². The number of rotatable bonds is 4. The van der Waals surface area contributed by atoms with E-state index in [0.717, 1.165) is 28.7 Å². The van der Waals surface area contributed by atoms with Crippen LogP contribution in [0.3, 0.4) is 0 Å². The fourth-order valence-corrected chi connectivity index (χ4v) is 4.09. The number of fused-ring (bicyclic) bond motifs is 1. The fraction of sp³-hybridized carbons (Fsp3) is 0.208. The third kappa shape index (κ3) is 4.16. The number of carbonyl (C=O) groups is 2. The Morgan fingerprint density at radius 1 is 1.15 bits per heavy atom. The molecule has 1 unspecified atom stereocenters. The molecule has 0 spiro atoms. The molecule has 5 rings (SSSR count). The Kier molecular flexibility index (Phi) is 5.60. The molecule has 3 heterocycles. The number of anilines is 2. The van der Waals surface area contributed by atoms with Crippen LogP contribution < -0.4 is 15.7 Å². The number of nitrogens with one attached hydrogen (secondary N) is 3. The number of quaternary nitrogens is 1. The normalized spacial score (nSPS) is 17.6. The van der Waals surface area contributed by atoms with Crippen molar-refractivity contribution in [3.8, 4) is 11.3 Å². The lowest BCUT2D eigenvalue weighted by Crippen LogP contribution is -3.09.